The van der Waals surface area contributed by atoms with Gasteiger partial charge in [0.25, 0.3) is 5.69 Å². The molecule has 0 bridgehead atoms. The van der Waals surface area contributed by atoms with Gasteiger partial charge in [-0.05, 0) is 24.3 Å². The molecule has 0 N–H and O–H groups in total. The van der Waals surface area contributed by atoms with Crippen molar-refractivity contribution in [1.29, 1.82) is 5.26 Å². The van der Waals surface area contributed by atoms with Crippen molar-refractivity contribution in [1.82, 2.24) is 0 Å². The van der Waals surface area contributed by atoms with Crippen molar-refractivity contribution in [3.05, 3.63) is 68.7 Å². The summed E-state index contributed by atoms with van der Waals surface area (Å²) in [6.07, 6.45) is 0. The van der Waals surface area contributed by atoms with E-state index in [4.69, 9.17) is 21.6 Å². The number of rotatable bonds is 3. The molecule has 0 spiro atoms. The molecule has 2 aromatic carbocycles. The zero-order chi connectivity index (χ0) is 15.4. The van der Waals surface area contributed by atoms with Gasteiger partial charge in [0.1, 0.15) is 5.75 Å². The fraction of sp³-hybridized carbons (Fsp3) is 0. The van der Waals surface area contributed by atoms with E-state index in [1.165, 1.54) is 36.4 Å². The SMILES string of the molecule is N#Cc1ccc(OC(=O)c2cccc([N+](=O)[O-])c2)c(Cl)c1. The van der Waals surface area contributed by atoms with Crippen molar-refractivity contribution in [2.24, 2.45) is 0 Å². The highest BCUT2D eigenvalue weighted by atomic mass is 35.5. The maximum atomic E-state index is 11.9. The number of nitrogens with zero attached hydrogens (tertiary/aromatic N) is 2. The third-order valence-corrected chi connectivity index (χ3v) is 2.85. The normalized spacial score (nSPS) is 9.71. The molecule has 0 fully saturated rings. The average Bonchev–Trinajstić information content (AvgIpc) is 2.49. The molecule has 7 heteroatoms. The van der Waals surface area contributed by atoms with Gasteiger partial charge in [0.2, 0.25) is 0 Å². The van der Waals surface area contributed by atoms with Gasteiger partial charge >= 0.3 is 5.97 Å². The van der Waals surface area contributed by atoms with Crippen LogP contribution in [-0.4, -0.2) is 10.9 Å². The van der Waals surface area contributed by atoms with Crippen LogP contribution >= 0.6 is 11.6 Å². The summed E-state index contributed by atoms with van der Waals surface area (Å²) in [5, 5.41) is 19.5. The molecule has 0 unspecified atom stereocenters. The Labute approximate surface area is 124 Å². The Balaban J connectivity index is 2.24. The predicted octanol–water partition coefficient (Wildman–Crippen LogP) is 3.34. The molecule has 2 rings (SSSR count). The second kappa shape index (κ2) is 6.03. The molecule has 0 saturated carbocycles. The van der Waals surface area contributed by atoms with Gasteiger partial charge in [0.05, 0.1) is 27.1 Å². The molecule has 0 aromatic heterocycles. The molecular weight excluding hydrogens is 296 g/mol. The number of non-ortho nitro benzene ring substituents is 1. The van der Waals surface area contributed by atoms with Crippen molar-refractivity contribution >= 4 is 23.3 Å². The van der Waals surface area contributed by atoms with Crippen molar-refractivity contribution < 1.29 is 14.5 Å². The maximum Gasteiger partial charge on any atom is 0.343 e. The summed E-state index contributed by atoms with van der Waals surface area (Å²) in [5.74, 6) is -0.697. The van der Waals surface area contributed by atoms with Gasteiger partial charge in [-0.1, -0.05) is 17.7 Å². The molecule has 0 saturated heterocycles. The lowest BCUT2D eigenvalue weighted by Gasteiger charge is -2.06. The number of esters is 1. The molecule has 104 valence electrons. The molecular formula is C14H7ClN2O4. The smallest absolute Gasteiger partial charge is 0.343 e. The summed E-state index contributed by atoms with van der Waals surface area (Å²) in [6.45, 7) is 0. The highest BCUT2D eigenvalue weighted by Gasteiger charge is 2.15. The Hall–Kier alpha value is -2.91. The van der Waals surface area contributed by atoms with Crippen molar-refractivity contribution in [2.45, 2.75) is 0 Å². The van der Waals surface area contributed by atoms with E-state index < -0.39 is 10.9 Å². The van der Waals surface area contributed by atoms with E-state index in [-0.39, 0.29) is 22.0 Å². The largest absolute Gasteiger partial charge is 0.421 e. The van der Waals surface area contributed by atoms with Crippen LogP contribution < -0.4 is 4.74 Å². The Morgan fingerprint density at radius 3 is 2.67 bits per heavy atom. The van der Waals surface area contributed by atoms with Crippen LogP contribution in [-0.2, 0) is 0 Å². The molecule has 0 aliphatic rings. The number of ether oxygens (including phenoxy) is 1. The van der Waals surface area contributed by atoms with E-state index in [1.807, 2.05) is 6.07 Å². The van der Waals surface area contributed by atoms with E-state index in [0.29, 0.717) is 5.56 Å². The molecule has 0 atom stereocenters. The van der Waals surface area contributed by atoms with Crippen LogP contribution in [0.2, 0.25) is 5.02 Å². The van der Waals surface area contributed by atoms with Crippen LogP contribution in [0.1, 0.15) is 15.9 Å². The first-order chi connectivity index (χ1) is 10.0. The van der Waals surface area contributed by atoms with E-state index >= 15 is 0 Å². The number of hydrogen-bond donors (Lipinski definition) is 0. The van der Waals surface area contributed by atoms with E-state index in [1.54, 1.807) is 0 Å². The van der Waals surface area contributed by atoms with Gasteiger partial charge in [-0.3, -0.25) is 10.1 Å². The Kier molecular flexibility index (Phi) is 4.16. The van der Waals surface area contributed by atoms with Crippen LogP contribution in [0.15, 0.2) is 42.5 Å². The standard InChI is InChI=1S/C14H7ClN2O4/c15-12-6-9(8-16)4-5-13(12)21-14(18)10-2-1-3-11(7-10)17(19)20/h1-7H. The summed E-state index contributed by atoms with van der Waals surface area (Å²) in [5.41, 5.74) is 0.148. The third kappa shape index (κ3) is 3.35. The minimum Gasteiger partial charge on any atom is -0.421 e. The van der Waals surface area contributed by atoms with Crippen molar-refractivity contribution in [3.8, 4) is 11.8 Å². The number of carbonyl (C=O) groups is 1. The van der Waals surface area contributed by atoms with Gasteiger partial charge in [-0.25, -0.2) is 4.79 Å². The molecule has 2 aromatic rings. The van der Waals surface area contributed by atoms with E-state index in [2.05, 4.69) is 0 Å². The molecule has 0 radical (unpaired) electrons. The Morgan fingerprint density at radius 1 is 1.29 bits per heavy atom. The lowest BCUT2D eigenvalue weighted by Crippen LogP contribution is -2.09. The number of nitriles is 1. The van der Waals surface area contributed by atoms with Gasteiger partial charge in [0.15, 0.2) is 0 Å². The van der Waals surface area contributed by atoms with Crippen molar-refractivity contribution in [3.63, 3.8) is 0 Å². The first kappa shape index (κ1) is 14.5. The number of hydrogen-bond acceptors (Lipinski definition) is 5. The summed E-state index contributed by atoms with van der Waals surface area (Å²) in [7, 11) is 0. The van der Waals surface area contributed by atoms with Crippen LogP contribution in [0.5, 0.6) is 5.75 Å². The van der Waals surface area contributed by atoms with Gasteiger partial charge < -0.3 is 4.74 Å². The van der Waals surface area contributed by atoms with Crippen LogP contribution in [0.4, 0.5) is 5.69 Å². The summed E-state index contributed by atoms with van der Waals surface area (Å²) < 4.78 is 5.06. The Bertz CT molecular complexity index is 768. The second-order valence-electron chi connectivity index (χ2n) is 3.95. The minimum absolute atomic E-state index is 0.0321. The topological polar surface area (TPSA) is 93.2 Å². The number of carbonyl (C=O) groups excluding carboxylic acids is 1. The minimum atomic E-state index is -0.773. The zero-order valence-electron chi connectivity index (χ0n) is 10.4. The number of nitro benzene ring substituents is 1. The van der Waals surface area contributed by atoms with Crippen LogP contribution in [0.3, 0.4) is 0 Å². The molecule has 0 heterocycles. The summed E-state index contributed by atoms with van der Waals surface area (Å²) >= 11 is 5.88. The fourth-order valence-electron chi connectivity index (χ4n) is 1.56. The Morgan fingerprint density at radius 2 is 2.05 bits per heavy atom. The maximum absolute atomic E-state index is 11.9. The number of benzene rings is 2. The molecule has 21 heavy (non-hydrogen) atoms. The fourth-order valence-corrected chi connectivity index (χ4v) is 1.78. The predicted molar refractivity (Wildman–Crippen MR) is 74.2 cm³/mol. The number of nitro groups is 1. The lowest BCUT2D eigenvalue weighted by molar-refractivity contribution is -0.384. The van der Waals surface area contributed by atoms with Crippen LogP contribution in [0.25, 0.3) is 0 Å². The third-order valence-electron chi connectivity index (χ3n) is 2.56. The zero-order valence-corrected chi connectivity index (χ0v) is 11.2. The highest BCUT2D eigenvalue weighted by molar-refractivity contribution is 6.32. The molecule has 6 nitrogen and oxygen atoms in total. The van der Waals surface area contributed by atoms with Gasteiger partial charge in [0, 0.05) is 12.1 Å². The number of halogens is 1. The van der Waals surface area contributed by atoms with Crippen molar-refractivity contribution in [2.75, 3.05) is 0 Å². The molecule has 0 aliphatic heterocycles. The monoisotopic (exact) mass is 302 g/mol. The summed E-state index contributed by atoms with van der Waals surface area (Å²) in [6, 6.07) is 11.3. The van der Waals surface area contributed by atoms with Gasteiger partial charge in [-0.15, -0.1) is 0 Å². The van der Waals surface area contributed by atoms with E-state index in [0.717, 1.165) is 6.07 Å². The summed E-state index contributed by atoms with van der Waals surface area (Å²) in [4.78, 5) is 22.0. The molecule has 0 amide bonds. The second-order valence-corrected chi connectivity index (χ2v) is 4.36. The first-order valence-corrected chi connectivity index (χ1v) is 6.05. The van der Waals surface area contributed by atoms with Gasteiger partial charge in [-0.2, -0.15) is 5.26 Å². The first-order valence-electron chi connectivity index (χ1n) is 5.67. The van der Waals surface area contributed by atoms with E-state index in [9.17, 15) is 14.9 Å². The van der Waals surface area contributed by atoms with Crippen LogP contribution in [0, 0.1) is 21.4 Å². The highest BCUT2D eigenvalue weighted by Crippen LogP contribution is 2.26. The lowest BCUT2D eigenvalue weighted by atomic mass is 10.2. The molecule has 0 aliphatic carbocycles. The quantitative estimate of drug-likeness (QED) is 0.375. The average molecular weight is 303 g/mol.